The number of alkyl halides is 3. The lowest BCUT2D eigenvalue weighted by Gasteiger charge is -2.03. The summed E-state index contributed by atoms with van der Waals surface area (Å²) in [6, 6.07) is 6.38. The Bertz CT molecular complexity index is 533. The Morgan fingerprint density at radius 2 is 1.76 bits per heavy atom. The number of benzene rings is 1. The average Bonchev–Trinajstić information content (AvgIpc) is 2.61. The minimum atomic E-state index is -4.46. The topological polar surface area (TPSA) is 28.7 Å². The predicted octanol–water partition coefficient (Wildman–Crippen LogP) is 4.51. The van der Waals surface area contributed by atoms with Crippen molar-refractivity contribution in [3.8, 4) is 11.3 Å². The van der Waals surface area contributed by atoms with Gasteiger partial charge in [0, 0.05) is 10.6 Å². The zero-order valence-corrected chi connectivity index (χ0v) is 10.5. The van der Waals surface area contributed by atoms with Crippen molar-refractivity contribution in [1.29, 1.82) is 0 Å². The molecule has 7 heteroatoms. The highest BCUT2D eigenvalue weighted by Gasteiger charge is 2.36. The summed E-state index contributed by atoms with van der Waals surface area (Å²) in [4.78, 5) is 0. The van der Waals surface area contributed by atoms with Crippen LogP contribution in [0.15, 0.2) is 28.7 Å². The second-order valence-electron chi connectivity index (χ2n) is 3.27. The molecule has 0 aliphatic rings. The van der Waals surface area contributed by atoms with Crippen LogP contribution in [-0.2, 0) is 6.18 Å². The predicted molar refractivity (Wildman–Crippen MR) is 61.7 cm³/mol. The number of aromatic nitrogens is 2. The molecule has 2 rings (SSSR count). The van der Waals surface area contributed by atoms with Gasteiger partial charge in [-0.15, -0.1) is 0 Å². The lowest BCUT2D eigenvalue weighted by Crippen LogP contribution is -2.06. The Morgan fingerprint density at radius 1 is 1.18 bits per heavy atom. The van der Waals surface area contributed by atoms with E-state index in [1.807, 2.05) is 5.10 Å². The third kappa shape index (κ3) is 2.47. The second kappa shape index (κ2) is 4.34. The molecule has 0 amide bonds. The number of H-pyrrole nitrogens is 1. The molecule has 17 heavy (non-hydrogen) atoms. The summed E-state index contributed by atoms with van der Waals surface area (Å²) < 4.78 is 37.5. The van der Waals surface area contributed by atoms with Crippen LogP contribution in [0.2, 0.25) is 5.02 Å². The van der Waals surface area contributed by atoms with Gasteiger partial charge in [-0.25, -0.2) is 0 Å². The van der Waals surface area contributed by atoms with Gasteiger partial charge in [-0.1, -0.05) is 23.7 Å². The van der Waals surface area contributed by atoms with E-state index >= 15 is 0 Å². The van der Waals surface area contributed by atoms with E-state index in [1.54, 1.807) is 24.3 Å². The van der Waals surface area contributed by atoms with Crippen LogP contribution in [-0.4, -0.2) is 10.2 Å². The molecule has 0 fully saturated rings. The van der Waals surface area contributed by atoms with Gasteiger partial charge in [-0.05, 0) is 28.1 Å². The summed E-state index contributed by atoms with van der Waals surface area (Å²) >= 11 is 8.59. The first-order valence-electron chi connectivity index (χ1n) is 4.46. The maximum Gasteiger partial charge on any atom is 0.433 e. The standard InChI is InChI=1S/C10H5BrClF3N2/c11-7-8(5-1-3-6(12)4-2-5)16-17-9(7)10(13,14)15/h1-4H,(H,16,17). The highest BCUT2D eigenvalue weighted by Crippen LogP contribution is 2.38. The Hall–Kier alpha value is -1.01. The van der Waals surface area contributed by atoms with Crippen LogP contribution in [0.4, 0.5) is 13.2 Å². The number of rotatable bonds is 1. The molecule has 0 spiro atoms. The molecule has 1 N–H and O–H groups in total. The molecular weight excluding hydrogens is 320 g/mol. The van der Waals surface area contributed by atoms with E-state index in [2.05, 4.69) is 21.0 Å². The molecule has 0 saturated carbocycles. The van der Waals surface area contributed by atoms with Crippen molar-refractivity contribution in [1.82, 2.24) is 10.2 Å². The molecule has 0 aliphatic heterocycles. The minimum absolute atomic E-state index is 0.104. The van der Waals surface area contributed by atoms with Crippen LogP contribution in [0.5, 0.6) is 0 Å². The SMILES string of the molecule is FC(F)(F)c1[nH]nc(-c2ccc(Cl)cc2)c1Br. The molecule has 90 valence electrons. The molecule has 2 nitrogen and oxygen atoms in total. The normalized spacial score (nSPS) is 11.8. The van der Waals surface area contributed by atoms with Crippen molar-refractivity contribution in [2.24, 2.45) is 0 Å². The fraction of sp³-hybridized carbons (Fsp3) is 0.100. The molecule has 1 heterocycles. The third-order valence-electron chi connectivity index (χ3n) is 2.11. The first-order valence-corrected chi connectivity index (χ1v) is 5.63. The van der Waals surface area contributed by atoms with Crippen LogP contribution < -0.4 is 0 Å². The van der Waals surface area contributed by atoms with Crippen molar-refractivity contribution in [2.45, 2.75) is 6.18 Å². The third-order valence-corrected chi connectivity index (χ3v) is 3.13. The Balaban J connectivity index is 2.48. The van der Waals surface area contributed by atoms with E-state index in [9.17, 15) is 13.2 Å². The summed E-state index contributed by atoms with van der Waals surface area (Å²) in [5.74, 6) is 0. The van der Waals surface area contributed by atoms with Crippen molar-refractivity contribution >= 4 is 27.5 Å². The summed E-state index contributed by atoms with van der Waals surface area (Å²) in [6.45, 7) is 0. The lowest BCUT2D eigenvalue weighted by molar-refractivity contribution is -0.141. The molecule has 0 bridgehead atoms. The van der Waals surface area contributed by atoms with Gasteiger partial charge in [0.1, 0.15) is 5.69 Å². The van der Waals surface area contributed by atoms with E-state index in [0.29, 0.717) is 10.6 Å². The highest BCUT2D eigenvalue weighted by molar-refractivity contribution is 9.10. The first-order chi connectivity index (χ1) is 7.89. The van der Waals surface area contributed by atoms with E-state index in [-0.39, 0.29) is 10.2 Å². The van der Waals surface area contributed by atoms with Crippen LogP contribution in [0.3, 0.4) is 0 Å². The van der Waals surface area contributed by atoms with Crippen LogP contribution in [0.25, 0.3) is 11.3 Å². The number of nitrogens with zero attached hydrogens (tertiary/aromatic N) is 1. The van der Waals surface area contributed by atoms with Gasteiger partial charge in [0.2, 0.25) is 0 Å². The van der Waals surface area contributed by atoms with E-state index in [4.69, 9.17) is 11.6 Å². The van der Waals surface area contributed by atoms with E-state index in [1.165, 1.54) is 0 Å². The Labute approximate surface area is 108 Å². The molecule has 1 aromatic heterocycles. The van der Waals surface area contributed by atoms with Crippen molar-refractivity contribution in [3.63, 3.8) is 0 Å². The van der Waals surface area contributed by atoms with Gasteiger partial charge < -0.3 is 0 Å². The fourth-order valence-corrected chi connectivity index (χ4v) is 2.07. The smallest absolute Gasteiger partial charge is 0.272 e. The molecule has 0 aliphatic carbocycles. The number of nitrogens with one attached hydrogen (secondary N) is 1. The zero-order valence-electron chi connectivity index (χ0n) is 8.15. The molecule has 0 unspecified atom stereocenters. The largest absolute Gasteiger partial charge is 0.433 e. The van der Waals surface area contributed by atoms with Gasteiger partial charge in [0.15, 0.2) is 5.69 Å². The van der Waals surface area contributed by atoms with Crippen LogP contribution in [0.1, 0.15) is 5.69 Å². The molecule has 0 radical (unpaired) electrons. The lowest BCUT2D eigenvalue weighted by atomic mass is 10.1. The van der Waals surface area contributed by atoms with E-state index < -0.39 is 11.9 Å². The monoisotopic (exact) mass is 324 g/mol. The van der Waals surface area contributed by atoms with Crippen molar-refractivity contribution < 1.29 is 13.2 Å². The van der Waals surface area contributed by atoms with Gasteiger partial charge in [0.25, 0.3) is 0 Å². The maximum absolute atomic E-state index is 12.5. The summed E-state index contributed by atoms with van der Waals surface area (Å²) in [7, 11) is 0. The summed E-state index contributed by atoms with van der Waals surface area (Å²) in [5, 5.41) is 6.13. The van der Waals surface area contributed by atoms with Gasteiger partial charge in [-0.2, -0.15) is 18.3 Å². The number of hydrogen-bond donors (Lipinski definition) is 1. The van der Waals surface area contributed by atoms with Gasteiger partial charge in [0.05, 0.1) is 4.47 Å². The van der Waals surface area contributed by atoms with Gasteiger partial charge in [-0.3, -0.25) is 5.10 Å². The maximum atomic E-state index is 12.5. The van der Waals surface area contributed by atoms with Crippen molar-refractivity contribution in [3.05, 3.63) is 39.5 Å². The number of hydrogen-bond acceptors (Lipinski definition) is 1. The average molecular weight is 326 g/mol. The minimum Gasteiger partial charge on any atom is -0.272 e. The highest BCUT2D eigenvalue weighted by atomic mass is 79.9. The van der Waals surface area contributed by atoms with Gasteiger partial charge >= 0.3 is 6.18 Å². The molecule has 2 aromatic rings. The van der Waals surface area contributed by atoms with E-state index in [0.717, 1.165) is 0 Å². The summed E-state index contributed by atoms with van der Waals surface area (Å²) in [5.41, 5.74) is -0.149. The number of halogens is 5. The molecule has 0 saturated heterocycles. The zero-order chi connectivity index (χ0) is 12.6. The Morgan fingerprint density at radius 3 is 2.24 bits per heavy atom. The van der Waals surface area contributed by atoms with Crippen LogP contribution in [0, 0.1) is 0 Å². The van der Waals surface area contributed by atoms with Crippen molar-refractivity contribution in [2.75, 3.05) is 0 Å². The second-order valence-corrected chi connectivity index (χ2v) is 4.50. The van der Waals surface area contributed by atoms with Crippen LogP contribution >= 0.6 is 27.5 Å². The molecule has 1 aromatic carbocycles. The molecular formula is C10H5BrClF3N2. The Kier molecular flexibility index (Phi) is 3.18. The first kappa shape index (κ1) is 12.4. The molecule has 0 atom stereocenters. The quantitative estimate of drug-likeness (QED) is 0.821. The fourth-order valence-electron chi connectivity index (χ4n) is 1.32. The summed E-state index contributed by atoms with van der Waals surface area (Å²) in [6.07, 6.45) is -4.46. The number of aromatic amines is 1.